The predicted octanol–water partition coefficient (Wildman–Crippen LogP) is 5.86. The lowest BCUT2D eigenvalue weighted by Gasteiger charge is -2.34. The zero-order valence-electron chi connectivity index (χ0n) is 15.9. The van der Waals surface area contributed by atoms with E-state index in [9.17, 15) is 0 Å². The van der Waals surface area contributed by atoms with Crippen molar-refractivity contribution in [3.63, 3.8) is 0 Å². The standard InChI is InChI=1S/C20H18Cl2N4OS2/c1-11-3-6-14(27-2)16-17(11)28-20(24-16)26-9-7-25(8-10-26)19-23-15-12(21)4-5-13(22)18(15)29-19/h3-6H,7-10H2,1-2H3. The first-order valence-corrected chi connectivity index (χ1v) is 11.6. The van der Waals surface area contributed by atoms with E-state index in [1.54, 1.807) is 35.8 Å². The van der Waals surface area contributed by atoms with Crippen LogP contribution >= 0.6 is 45.9 Å². The van der Waals surface area contributed by atoms with Crippen molar-refractivity contribution in [3.8, 4) is 5.75 Å². The van der Waals surface area contributed by atoms with Crippen LogP contribution in [0.2, 0.25) is 10.0 Å². The van der Waals surface area contributed by atoms with Crippen LogP contribution in [0.3, 0.4) is 0 Å². The van der Waals surface area contributed by atoms with Gasteiger partial charge in [-0.3, -0.25) is 0 Å². The molecule has 4 aromatic rings. The van der Waals surface area contributed by atoms with E-state index < -0.39 is 0 Å². The number of aromatic nitrogens is 2. The van der Waals surface area contributed by atoms with Crippen LogP contribution < -0.4 is 14.5 Å². The molecule has 9 heteroatoms. The minimum atomic E-state index is 0.643. The van der Waals surface area contributed by atoms with Crippen molar-refractivity contribution in [1.29, 1.82) is 0 Å². The van der Waals surface area contributed by atoms with Gasteiger partial charge < -0.3 is 14.5 Å². The molecule has 1 aliphatic heterocycles. The Kier molecular flexibility index (Phi) is 4.94. The summed E-state index contributed by atoms with van der Waals surface area (Å²) >= 11 is 16.0. The van der Waals surface area contributed by atoms with Gasteiger partial charge in [0.15, 0.2) is 10.3 Å². The number of rotatable bonds is 3. The highest BCUT2D eigenvalue weighted by Crippen LogP contribution is 2.39. The zero-order chi connectivity index (χ0) is 20.1. The Morgan fingerprint density at radius 3 is 2.03 bits per heavy atom. The molecule has 0 bridgehead atoms. The zero-order valence-corrected chi connectivity index (χ0v) is 19.1. The smallest absolute Gasteiger partial charge is 0.186 e. The normalized spacial score (nSPS) is 14.9. The summed E-state index contributed by atoms with van der Waals surface area (Å²) in [5.74, 6) is 0.829. The summed E-state index contributed by atoms with van der Waals surface area (Å²) in [6.45, 7) is 5.64. The summed E-state index contributed by atoms with van der Waals surface area (Å²) < 4.78 is 7.64. The molecule has 0 radical (unpaired) electrons. The van der Waals surface area contributed by atoms with Crippen LogP contribution in [-0.4, -0.2) is 43.3 Å². The Hall–Kier alpha value is -1.80. The first-order chi connectivity index (χ1) is 14.0. The molecule has 1 aliphatic rings. The third-order valence-corrected chi connectivity index (χ3v) is 8.30. The molecule has 0 aliphatic carbocycles. The van der Waals surface area contributed by atoms with Gasteiger partial charge in [0.25, 0.3) is 0 Å². The fourth-order valence-corrected chi connectivity index (χ4v) is 6.23. The van der Waals surface area contributed by atoms with Crippen molar-refractivity contribution in [2.24, 2.45) is 0 Å². The number of benzene rings is 2. The summed E-state index contributed by atoms with van der Waals surface area (Å²) in [6, 6.07) is 7.71. The van der Waals surface area contributed by atoms with Gasteiger partial charge in [-0.15, -0.1) is 0 Å². The van der Waals surface area contributed by atoms with Crippen molar-refractivity contribution < 1.29 is 4.74 Å². The average molecular weight is 465 g/mol. The number of methoxy groups -OCH3 is 1. The van der Waals surface area contributed by atoms with Crippen molar-refractivity contribution in [1.82, 2.24) is 9.97 Å². The first kappa shape index (κ1) is 19.2. The predicted molar refractivity (Wildman–Crippen MR) is 125 cm³/mol. The van der Waals surface area contributed by atoms with Crippen LogP contribution in [0, 0.1) is 6.92 Å². The molecule has 5 rings (SSSR count). The van der Waals surface area contributed by atoms with E-state index in [0.29, 0.717) is 10.0 Å². The molecule has 1 fully saturated rings. The Morgan fingerprint density at radius 1 is 0.828 bits per heavy atom. The SMILES string of the molecule is COc1ccc(C)c2sc(N3CCN(c4nc5c(Cl)ccc(Cl)c5s4)CC3)nc12. The van der Waals surface area contributed by atoms with Gasteiger partial charge in [-0.1, -0.05) is 51.9 Å². The van der Waals surface area contributed by atoms with Crippen LogP contribution in [0.4, 0.5) is 10.3 Å². The summed E-state index contributed by atoms with van der Waals surface area (Å²) in [4.78, 5) is 14.3. The number of aryl methyl sites for hydroxylation is 1. The molecule has 3 heterocycles. The maximum atomic E-state index is 6.33. The number of anilines is 2. The lowest BCUT2D eigenvalue weighted by molar-refractivity contribution is 0.419. The van der Waals surface area contributed by atoms with Crippen molar-refractivity contribution in [3.05, 3.63) is 39.9 Å². The highest BCUT2D eigenvalue weighted by atomic mass is 35.5. The van der Waals surface area contributed by atoms with Gasteiger partial charge in [-0.05, 0) is 30.7 Å². The minimum absolute atomic E-state index is 0.643. The largest absolute Gasteiger partial charge is 0.494 e. The van der Waals surface area contributed by atoms with Gasteiger partial charge in [0, 0.05) is 26.2 Å². The molecule has 2 aromatic heterocycles. The molecule has 0 saturated carbocycles. The van der Waals surface area contributed by atoms with Gasteiger partial charge in [0.05, 0.1) is 26.6 Å². The highest BCUT2D eigenvalue weighted by molar-refractivity contribution is 7.23. The van der Waals surface area contributed by atoms with E-state index in [0.717, 1.165) is 57.9 Å². The molecule has 0 atom stereocenters. The van der Waals surface area contributed by atoms with E-state index in [1.807, 2.05) is 12.1 Å². The maximum Gasteiger partial charge on any atom is 0.186 e. The lowest BCUT2D eigenvalue weighted by atomic mass is 10.2. The molecule has 0 N–H and O–H groups in total. The number of fused-ring (bicyclic) bond motifs is 2. The monoisotopic (exact) mass is 464 g/mol. The van der Waals surface area contributed by atoms with Crippen molar-refractivity contribution >= 4 is 76.6 Å². The summed E-state index contributed by atoms with van der Waals surface area (Å²) in [5, 5.41) is 3.36. The minimum Gasteiger partial charge on any atom is -0.494 e. The Bertz CT molecular complexity index is 1180. The van der Waals surface area contributed by atoms with Gasteiger partial charge >= 0.3 is 0 Å². The third kappa shape index (κ3) is 3.30. The van der Waals surface area contributed by atoms with Crippen LogP contribution in [-0.2, 0) is 0 Å². The topological polar surface area (TPSA) is 41.5 Å². The fourth-order valence-electron chi connectivity index (χ4n) is 3.56. The molecule has 0 amide bonds. The second kappa shape index (κ2) is 7.47. The van der Waals surface area contributed by atoms with Crippen LogP contribution in [0.25, 0.3) is 20.4 Å². The van der Waals surface area contributed by atoms with Crippen LogP contribution in [0.1, 0.15) is 5.56 Å². The highest BCUT2D eigenvalue weighted by Gasteiger charge is 2.24. The molecule has 2 aromatic carbocycles. The number of halogens is 2. The third-order valence-electron chi connectivity index (χ3n) is 5.17. The van der Waals surface area contributed by atoms with Gasteiger partial charge in [-0.2, -0.15) is 0 Å². The van der Waals surface area contributed by atoms with E-state index in [1.165, 1.54) is 10.3 Å². The fraction of sp³-hybridized carbons (Fsp3) is 0.300. The van der Waals surface area contributed by atoms with E-state index >= 15 is 0 Å². The number of nitrogens with zero attached hydrogens (tertiary/aromatic N) is 4. The Labute approximate surface area is 186 Å². The second-order valence-corrected chi connectivity index (χ2v) is 9.71. The molecule has 1 saturated heterocycles. The quantitative estimate of drug-likeness (QED) is 0.379. The molecular weight excluding hydrogens is 447 g/mol. The number of piperazine rings is 1. The maximum absolute atomic E-state index is 6.33. The first-order valence-electron chi connectivity index (χ1n) is 9.23. The molecule has 0 spiro atoms. The summed E-state index contributed by atoms with van der Waals surface area (Å²) in [7, 11) is 1.69. The lowest BCUT2D eigenvalue weighted by Crippen LogP contribution is -2.46. The van der Waals surface area contributed by atoms with Crippen molar-refractivity contribution in [2.75, 3.05) is 43.1 Å². The van der Waals surface area contributed by atoms with Crippen LogP contribution in [0.15, 0.2) is 24.3 Å². The van der Waals surface area contributed by atoms with Crippen LogP contribution in [0.5, 0.6) is 5.75 Å². The molecule has 0 unspecified atom stereocenters. The van der Waals surface area contributed by atoms with E-state index in [2.05, 4.69) is 22.8 Å². The summed E-state index contributed by atoms with van der Waals surface area (Å²) in [5.41, 5.74) is 2.96. The summed E-state index contributed by atoms with van der Waals surface area (Å²) in [6.07, 6.45) is 0. The molecular formula is C20H18Cl2N4OS2. The Balaban J connectivity index is 1.38. The number of thiazole rings is 2. The molecule has 5 nitrogen and oxygen atoms in total. The van der Waals surface area contributed by atoms with Gasteiger partial charge in [-0.25, -0.2) is 9.97 Å². The number of hydrogen-bond donors (Lipinski definition) is 0. The van der Waals surface area contributed by atoms with Gasteiger partial charge in [0.2, 0.25) is 0 Å². The Morgan fingerprint density at radius 2 is 1.41 bits per heavy atom. The van der Waals surface area contributed by atoms with Gasteiger partial charge in [0.1, 0.15) is 16.8 Å². The van der Waals surface area contributed by atoms with E-state index in [4.69, 9.17) is 37.9 Å². The number of ether oxygens (including phenoxy) is 1. The van der Waals surface area contributed by atoms with E-state index in [-0.39, 0.29) is 0 Å². The van der Waals surface area contributed by atoms with Crippen molar-refractivity contribution in [2.45, 2.75) is 6.92 Å². The number of hydrogen-bond acceptors (Lipinski definition) is 7. The average Bonchev–Trinajstić information content (AvgIpc) is 3.38. The molecule has 150 valence electrons. The molecule has 29 heavy (non-hydrogen) atoms. The second-order valence-electron chi connectivity index (χ2n) is 6.94.